The molecule has 2 fully saturated rings. The molecule has 0 radical (unpaired) electrons. The minimum atomic E-state index is 0.108. The molecule has 0 saturated heterocycles. The molecule has 2 unspecified atom stereocenters. The van der Waals surface area contributed by atoms with E-state index in [0.717, 1.165) is 30.5 Å². The first kappa shape index (κ1) is 13.7. The third-order valence-corrected chi connectivity index (χ3v) is 4.82. The van der Waals surface area contributed by atoms with E-state index in [9.17, 15) is 4.79 Å². The van der Waals surface area contributed by atoms with Crippen LogP contribution in [-0.4, -0.2) is 10.6 Å². The molecule has 0 bridgehead atoms. The van der Waals surface area contributed by atoms with Crippen LogP contribution in [0.1, 0.15) is 51.9 Å². The highest BCUT2D eigenvalue weighted by Crippen LogP contribution is 2.44. The molecular weight excluding hydrogens is 248 g/mol. The fourth-order valence-electron chi connectivity index (χ4n) is 3.62. The highest BCUT2D eigenvalue weighted by molar-refractivity contribution is 5.41. The highest BCUT2D eigenvalue weighted by Gasteiger charge is 2.34. The van der Waals surface area contributed by atoms with Crippen LogP contribution in [0.3, 0.4) is 0 Å². The Hall–Kier alpha value is -1.25. The molecule has 0 amide bonds. The van der Waals surface area contributed by atoms with Gasteiger partial charge in [-0.05, 0) is 50.0 Å². The molecule has 3 rings (SSSR count). The topological polar surface area (TPSA) is 34.0 Å². The van der Waals surface area contributed by atoms with Crippen LogP contribution in [0.25, 0.3) is 0 Å². The third-order valence-electron chi connectivity index (χ3n) is 4.82. The summed E-state index contributed by atoms with van der Waals surface area (Å²) in [4.78, 5) is 11.7. The number of anilines is 1. The van der Waals surface area contributed by atoms with Gasteiger partial charge < -0.3 is 9.88 Å². The number of aromatic nitrogens is 1. The van der Waals surface area contributed by atoms with Gasteiger partial charge in [0.1, 0.15) is 0 Å². The quantitative estimate of drug-likeness (QED) is 0.889. The van der Waals surface area contributed by atoms with Crippen LogP contribution in [0.4, 0.5) is 5.69 Å². The van der Waals surface area contributed by atoms with E-state index in [0.29, 0.717) is 6.04 Å². The Balaban J connectivity index is 1.64. The number of nitrogens with zero attached hydrogens (tertiary/aromatic N) is 1. The first-order valence-corrected chi connectivity index (χ1v) is 8.23. The third kappa shape index (κ3) is 3.25. The van der Waals surface area contributed by atoms with Gasteiger partial charge in [-0.1, -0.05) is 19.8 Å². The van der Waals surface area contributed by atoms with Gasteiger partial charge in [0.2, 0.25) is 0 Å². The van der Waals surface area contributed by atoms with E-state index in [-0.39, 0.29) is 5.56 Å². The maximum Gasteiger partial charge on any atom is 0.250 e. The largest absolute Gasteiger partial charge is 0.381 e. The van der Waals surface area contributed by atoms with Gasteiger partial charge in [-0.25, -0.2) is 0 Å². The molecule has 2 aliphatic carbocycles. The summed E-state index contributed by atoms with van der Waals surface area (Å²) in [6, 6.07) is 4.23. The Kier molecular flexibility index (Phi) is 4.13. The number of rotatable bonds is 5. The Morgan fingerprint density at radius 1 is 1.20 bits per heavy atom. The standard InChI is InChI=1S/C17H26N2O/c1-2-10-19-12-16(8-9-17(19)20)18-15-5-3-4-14(11-15)13-6-7-13/h8-9,12-15,18H,2-7,10-11H2,1H3. The Bertz CT molecular complexity index is 504. The van der Waals surface area contributed by atoms with Crippen molar-refractivity contribution in [2.75, 3.05) is 5.32 Å². The zero-order chi connectivity index (χ0) is 13.9. The monoisotopic (exact) mass is 274 g/mol. The highest BCUT2D eigenvalue weighted by atomic mass is 16.1. The van der Waals surface area contributed by atoms with Crippen molar-refractivity contribution in [2.24, 2.45) is 11.8 Å². The smallest absolute Gasteiger partial charge is 0.250 e. The van der Waals surface area contributed by atoms with Crippen molar-refractivity contribution in [1.29, 1.82) is 0 Å². The van der Waals surface area contributed by atoms with Crippen LogP contribution < -0.4 is 10.9 Å². The maximum absolute atomic E-state index is 11.7. The van der Waals surface area contributed by atoms with Gasteiger partial charge in [-0.2, -0.15) is 0 Å². The second-order valence-corrected chi connectivity index (χ2v) is 6.55. The average Bonchev–Trinajstić information content (AvgIpc) is 3.28. The summed E-state index contributed by atoms with van der Waals surface area (Å²) in [7, 11) is 0. The van der Waals surface area contributed by atoms with Crippen LogP contribution in [0.2, 0.25) is 0 Å². The van der Waals surface area contributed by atoms with Gasteiger partial charge in [0.25, 0.3) is 5.56 Å². The fourth-order valence-corrected chi connectivity index (χ4v) is 3.62. The molecule has 0 aromatic carbocycles. The first-order valence-electron chi connectivity index (χ1n) is 8.23. The van der Waals surface area contributed by atoms with Gasteiger partial charge in [0.05, 0.1) is 5.69 Å². The number of hydrogen-bond acceptors (Lipinski definition) is 2. The maximum atomic E-state index is 11.7. The van der Waals surface area contributed by atoms with Crippen molar-refractivity contribution in [2.45, 2.75) is 64.5 Å². The van der Waals surface area contributed by atoms with Crippen LogP contribution in [0, 0.1) is 11.8 Å². The Labute approximate surface area is 121 Å². The summed E-state index contributed by atoms with van der Waals surface area (Å²) in [5.41, 5.74) is 1.22. The number of hydrogen-bond donors (Lipinski definition) is 1. The van der Waals surface area contributed by atoms with Crippen molar-refractivity contribution in [3.63, 3.8) is 0 Å². The molecule has 20 heavy (non-hydrogen) atoms. The summed E-state index contributed by atoms with van der Waals surface area (Å²) >= 11 is 0. The number of nitrogens with one attached hydrogen (secondary N) is 1. The predicted octanol–water partition coefficient (Wildman–Crippen LogP) is 3.64. The lowest BCUT2D eigenvalue weighted by Gasteiger charge is -2.30. The molecule has 1 heterocycles. The molecule has 110 valence electrons. The van der Waals surface area contributed by atoms with E-state index >= 15 is 0 Å². The van der Waals surface area contributed by atoms with Crippen LogP contribution in [0.5, 0.6) is 0 Å². The molecular formula is C17H26N2O. The van der Waals surface area contributed by atoms with E-state index in [2.05, 4.69) is 12.2 Å². The predicted molar refractivity (Wildman–Crippen MR) is 83.1 cm³/mol. The molecule has 1 N–H and O–H groups in total. The van der Waals surface area contributed by atoms with Gasteiger partial charge in [0.15, 0.2) is 0 Å². The van der Waals surface area contributed by atoms with Crippen molar-refractivity contribution in [3.8, 4) is 0 Å². The summed E-state index contributed by atoms with van der Waals surface area (Å²) < 4.78 is 1.82. The Morgan fingerprint density at radius 3 is 2.80 bits per heavy atom. The summed E-state index contributed by atoms with van der Waals surface area (Å²) in [5, 5.41) is 3.66. The summed E-state index contributed by atoms with van der Waals surface area (Å²) in [5.74, 6) is 1.97. The normalized spacial score (nSPS) is 26.4. The average molecular weight is 274 g/mol. The van der Waals surface area contributed by atoms with E-state index in [4.69, 9.17) is 0 Å². The number of pyridine rings is 1. The zero-order valence-corrected chi connectivity index (χ0v) is 12.5. The first-order chi connectivity index (χ1) is 9.76. The summed E-state index contributed by atoms with van der Waals surface area (Å²) in [6.45, 7) is 2.91. The van der Waals surface area contributed by atoms with Crippen molar-refractivity contribution >= 4 is 5.69 Å². The van der Waals surface area contributed by atoms with E-state index in [1.165, 1.54) is 38.5 Å². The van der Waals surface area contributed by atoms with Crippen molar-refractivity contribution in [3.05, 3.63) is 28.7 Å². The van der Waals surface area contributed by atoms with Gasteiger partial charge >= 0.3 is 0 Å². The molecule has 0 aliphatic heterocycles. The summed E-state index contributed by atoms with van der Waals surface area (Å²) in [6.07, 6.45) is 11.3. The lowest BCUT2D eigenvalue weighted by atomic mass is 9.82. The van der Waals surface area contributed by atoms with Crippen molar-refractivity contribution in [1.82, 2.24) is 4.57 Å². The molecule has 0 spiro atoms. The van der Waals surface area contributed by atoms with E-state index < -0.39 is 0 Å². The van der Waals surface area contributed by atoms with Crippen molar-refractivity contribution < 1.29 is 0 Å². The fraction of sp³-hybridized carbons (Fsp3) is 0.706. The molecule has 1 aromatic heterocycles. The molecule has 3 nitrogen and oxygen atoms in total. The molecule has 2 atom stereocenters. The second-order valence-electron chi connectivity index (χ2n) is 6.55. The minimum absolute atomic E-state index is 0.108. The lowest BCUT2D eigenvalue weighted by molar-refractivity contribution is 0.303. The number of aryl methyl sites for hydroxylation is 1. The SMILES string of the molecule is CCCn1cc(NC2CCCC(C3CC3)C2)ccc1=O. The van der Waals surface area contributed by atoms with Gasteiger partial charge in [-0.3, -0.25) is 4.79 Å². The molecule has 2 saturated carbocycles. The van der Waals surface area contributed by atoms with Crippen LogP contribution in [0.15, 0.2) is 23.1 Å². The van der Waals surface area contributed by atoms with Crippen LogP contribution in [-0.2, 0) is 6.54 Å². The Morgan fingerprint density at radius 2 is 2.05 bits per heavy atom. The molecule has 3 heteroatoms. The second kappa shape index (κ2) is 6.02. The zero-order valence-electron chi connectivity index (χ0n) is 12.5. The molecule has 1 aromatic rings. The lowest BCUT2D eigenvalue weighted by Crippen LogP contribution is -2.29. The molecule has 2 aliphatic rings. The van der Waals surface area contributed by atoms with E-state index in [1.807, 2.05) is 16.8 Å². The van der Waals surface area contributed by atoms with Gasteiger partial charge in [0, 0.05) is 24.8 Å². The van der Waals surface area contributed by atoms with E-state index in [1.54, 1.807) is 6.07 Å². The van der Waals surface area contributed by atoms with Crippen LogP contribution >= 0.6 is 0 Å². The minimum Gasteiger partial charge on any atom is -0.381 e. The van der Waals surface area contributed by atoms with Gasteiger partial charge in [-0.15, -0.1) is 0 Å².